The van der Waals surface area contributed by atoms with E-state index in [2.05, 4.69) is 27.7 Å². The molecule has 2 unspecified atom stereocenters. The number of carbonyl (C=O) groups excluding carboxylic acids is 4. The average molecular weight is 1350 g/mol. The highest BCUT2D eigenvalue weighted by atomic mass is 31.2. The van der Waals surface area contributed by atoms with Gasteiger partial charge in [0.25, 0.3) is 0 Å². The molecule has 0 amide bonds. The van der Waals surface area contributed by atoms with Crippen LogP contribution in [0.25, 0.3) is 0 Å². The van der Waals surface area contributed by atoms with Crippen molar-refractivity contribution < 1.29 is 80.2 Å². The number of aliphatic hydroxyl groups is 1. The monoisotopic (exact) mass is 1350 g/mol. The molecule has 92 heavy (non-hydrogen) atoms. The second-order valence-corrected chi connectivity index (χ2v) is 29.2. The van der Waals surface area contributed by atoms with Crippen LogP contribution in [0, 0.1) is 0 Å². The van der Waals surface area contributed by atoms with Crippen molar-refractivity contribution in [2.24, 2.45) is 0 Å². The van der Waals surface area contributed by atoms with Crippen LogP contribution < -0.4 is 0 Å². The Bertz CT molecular complexity index is 1760. The topological polar surface area (TPSA) is 237 Å². The molecule has 5 atom stereocenters. The minimum absolute atomic E-state index is 0.107. The number of rotatable bonds is 74. The third kappa shape index (κ3) is 66.7. The first-order chi connectivity index (χ1) is 44.7. The van der Waals surface area contributed by atoms with Gasteiger partial charge in [-0.2, -0.15) is 0 Å². The number of hydrogen-bond acceptors (Lipinski definition) is 15. The van der Waals surface area contributed by atoms with Gasteiger partial charge in [-0.05, 0) is 25.7 Å². The van der Waals surface area contributed by atoms with Gasteiger partial charge < -0.3 is 33.8 Å². The van der Waals surface area contributed by atoms with E-state index >= 15 is 0 Å². The van der Waals surface area contributed by atoms with Crippen LogP contribution in [0.15, 0.2) is 0 Å². The molecule has 0 heterocycles. The van der Waals surface area contributed by atoms with E-state index in [9.17, 15) is 43.2 Å². The van der Waals surface area contributed by atoms with Crippen molar-refractivity contribution in [2.75, 3.05) is 39.6 Å². The molecule has 0 aliphatic carbocycles. The Morgan fingerprint density at radius 1 is 0.261 bits per heavy atom. The lowest BCUT2D eigenvalue weighted by atomic mass is 10.0. The highest BCUT2D eigenvalue weighted by Gasteiger charge is 2.30. The molecule has 0 aromatic heterocycles. The molecule has 0 saturated carbocycles. The number of esters is 4. The number of aliphatic hydroxyl groups excluding tert-OH is 1. The number of unbranched alkanes of at least 4 members (excludes halogenated alkanes) is 48. The molecule has 0 rings (SSSR count). The molecular formula is C73H142O17P2. The molecule has 0 radical (unpaired) electrons. The normalized spacial score (nSPS) is 13.9. The predicted octanol–water partition coefficient (Wildman–Crippen LogP) is 21.4. The van der Waals surface area contributed by atoms with Crippen LogP contribution in [-0.4, -0.2) is 96.7 Å². The maximum Gasteiger partial charge on any atom is 0.472 e. The largest absolute Gasteiger partial charge is 0.472 e. The van der Waals surface area contributed by atoms with Gasteiger partial charge in [0.2, 0.25) is 0 Å². The number of phosphoric acid groups is 2. The van der Waals surface area contributed by atoms with Crippen molar-refractivity contribution in [3.63, 3.8) is 0 Å². The van der Waals surface area contributed by atoms with Gasteiger partial charge in [-0.15, -0.1) is 0 Å². The number of hydrogen-bond donors (Lipinski definition) is 3. The molecule has 0 aliphatic rings. The number of carbonyl (C=O) groups is 4. The van der Waals surface area contributed by atoms with Crippen molar-refractivity contribution >= 4 is 39.5 Å². The van der Waals surface area contributed by atoms with Gasteiger partial charge in [0.1, 0.15) is 19.3 Å². The summed E-state index contributed by atoms with van der Waals surface area (Å²) in [6.45, 7) is 4.95. The molecule has 17 nitrogen and oxygen atoms in total. The molecule has 19 heteroatoms. The van der Waals surface area contributed by atoms with E-state index < -0.39 is 97.5 Å². The van der Waals surface area contributed by atoms with Gasteiger partial charge in [0, 0.05) is 25.7 Å². The average Bonchev–Trinajstić information content (AvgIpc) is 1.61. The predicted molar refractivity (Wildman–Crippen MR) is 372 cm³/mol. The molecule has 0 aliphatic heterocycles. The Morgan fingerprint density at radius 3 is 0.641 bits per heavy atom. The van der Waals surface area contributed by atoms with Crippen molar-refractivity contribution in [2.45, 2.75) is 406 Å². The van der Waals surface area contributed by atoms with Crippen molar-refractivity contribution in [1.82, 2.24) is 0 Å². The number of phosphoric ester groups is 2. The lowest BCUT2D eigenvalue weighted by Crippen LogP contribution is -2.30. The van der Waals surface area contributed by atoms with E-state index in [0.29, 0.717) is 25.7 Å². The van der Waals surface area contributed by atoms with E-state index in [1.165, 1.54) is 218 Å². The molecule has 0 bridgehead atoms. The van der Waals surface area contributed by atoms with Gasteiger partial charge in [0.05, 0.1) is 26.4 Å². The third-order valence-electron chi connectivity index (χ3n) is 17.1. The summed E-state index contributed by atoms with van der Waals surface area (Å²) in [7, 11) is -9.90. The molecule has 0 aromatic carbocycles. The highest BCUT2D eigenvalue weighted by Crippen LogP contribution is 2.45. The fraction of sp³-hybridized carbons (Fsp3) is 0.945. The van der Waals surface area contributed by atoms with Gasteiger partial charge in [0.15, 0.2) is 12.2 Å². The van der Waals surface area contributed by atoms with Crippen LogP contribution in [0.1, 0.15) is 387 Å². The lowest BCUT2D eigenvalue weighted by molar-refractivity contribution is -0.161. The maximum absolute atomic E-state index is 13.1. The fourth-order valence-electron chi connectivity index (χ4n) is 11.2. The molecular weight excluding hydrogens is 1210 g/mol. The van der Waals surface area contributed by atoms with E-state index in [-0.39, 0.29) is 25.7 Å². The summed E-state index contributed by atoms with van der Waals surface area (Å²) in [6.07, 6.45) is 56.8. The molecule has 3 N–H and O–H groups in total. The minimum Gasteiger partial charge on any atom is -0.462 e. The van der Waals surface area contributed by atoms with Gasteiger partial charge in [-0.3, -0.25) is 37.3 Å². The first-order valence-corrected chi connectivity index (χ1v) is 41.3. The van der Waals surface area contributed by atoms with Gasteiger partial charge in [-0.1, -0.05) is 336 Å². The Labute approximate surface area is 562 Å². The summed E-state index contributed by atoms with van der Waals surface area (Å²) in [5.74, 6) is -2.12. The van der Waals surface area contributed by atoms with Crippen molar-refractivity contribution in [3.8, 4) is 0 Å². The standard InChI is InChI=1S/C73H142O17P2/c1-5-9-13-17-21-25-28-30-32-33-34-36-38-40-44-48-52-56-60-73(78)90-69(64-84-71(76)58-54-50-46-43-39-37-35-31-29-26-22-18-14-10-6-2)66-88-92(81,82)86-62-67(74)61-85-91(79,80)87-65-68(63-83-70(75)57-53-49-45-41-24-20-16-12-8-4)89-72(77)59-55-51-47-42-27-23-19-15-11-7-3/h67-69,74H,5-66H2,1-4H3,(H,79,80)(H,81,82)/t67-,68+,69+/m0/s1. The first kappa shape index (κ1) is 90.1. The second kappa shape index (κ2) is 67.6. The summed E-state index contributed by atoms with van der Waals surface area (Å²) in [5.41, 5.74) is 0. The Hall–Kier alpha value is -1.94. The lowest BCUT2D eigenvalue weighted by Gasteiger charge is -2.21. The SMILES string of the molecule is CCCCCCCCCCCCCCCCCCCCC(=O)O[C@H](COC(=O)CCCCCCCCCCCCCCCCC)COP(=O)(O)OC[C@@H](O)COP(=O)(O)OC[C@@H](COC(=O)CCCCCCCCCCC)OC(=O)CCCCCCCCCCCC. The zero-order chi connectivity index (χ0) is 67.5. The van der Waals surface area contributed by atoms with Gasteiger partial charge >= 0.3 is 39.5 Å². The summed E-state index contributed by atoms with van der Waals surface area (Å²) >= 11 is 0. The smallest absolute Gasteiger partial charge is 0.462 e. The van der Waals surface area contributed by atoms with Crippen LogP contribution in [-0.2, 0) is 65.4 Å². The minimum atomic E-state index is -4.95. The molecule has 0 fully saturated rings. The third-order valence-corrected chi connectivity index (χ3v) is 19.0. The molecule has 0 spiro atoms. The van der Waals surface area contributed by atoms with Gasteiger partial charge in [-0.25, -0.2) is 9.13 Å². The van der Waals surface area contributed by atoms with Crippen LogP contribution in [0.2, 0.25) is 0 Å². The Morgan fingerprint density at radius 2 is 0.435 bits per heavy atom. The Balaban J connectivity index is 5.20. The fourth-order valence-corrected chi connectivity index (χ4v) is 12.8. The quantitative estimate of drug-likeness (QED) is 0.0222. The van der Waals surface area contributed by atoms with Crippen LogP contribution in [0.4, 0.5) is 0 Å². The van der Waals surface area contributed by atoms with E-state index in [0.717, 1.165) is 89.9 Å². The highest BCUT2D eigenvalue weighted by molar-refractivity contribution is 7.47. The molecule has 0 saturated heterocycles. The van der Waals surface area contributed by atoms with E-state index in [1.54, 1.807) is 0 Å². The summed E-state index contributed by atoms with van der Waals surface area (Å²) in [6, 6.07) is 0. The zero-order valence-corrected chi connectivity index (χ0v) is 61.3. The van der Waals surface area contributed by atoms with Crippen LogP contribution >= 0.6 is 15.6 Å². The molecule has 546 valence electrons. The van der Waals surface area contributed by atoms with Crippen LogP contribution in [0.3, 0.4) is 0 Å². The van der Waals surface area contributed by atoms with E-state index in [1.807, 2.05) is 0 Å². The Kier molecular flexibility index (Phi) is 66.2. The van der Waals surface area contributed by atoms with Crippen molar-refractivity contribution in [1.29, 1.82) is 0 Å². The van der Waals surface area contributed by atoms with Crippen molar-refractivity contribution in [3.05, 3.63) is 0 Å². The van der Waals surface area contributed by atoms with E-state index in [4.69, 9.17) is 37.0 Å². The summed E-state index contributed by atoms with van der Waals surface area (Å²) < 4.78 is 68.3. The first-order valence-electron chi connectivity index (χ1n) is 38.3. The zero-order valence-electron chi connectivity index (χ0n) is 59.5. The van der Waals surface area contributed by atoms with Crippen LogP contribution in [0.5, 0.6) is 0 Å². The summed E-state index contributed by atoms with van der Waals surface area (Å²) in [4.78, 5) is 72.6. The summed E-state index contributed by atoms with van der Waals surface area (Å²) in [5, 5.41) is 10.6. The number of ether oxygens (including phenoxy) is 4. The molecule has 0 aromatic rings. The maximum atomic E-state index is 13.1. The second-order valence-electron chi connectivity index (χ2n) is 26.3.